The van der Waals surface area contributed by atoms with Crippen molar-refractivity contribution in [2.24, 2.45) is 0 Å². The lowest BCUT2D eigenvalue weighted by molar-refractivity contribution is 0.0607. The Balaban J connectivity index is 2.98. The lowest BCUT2D eigenvalue weighted by Gasteiger charge is -2.19. The first-order valence-electron chi connectivity index (χ1n) is 5.40. The molecule has 0 atom stereocenters. The number of carbonyl (C=O) groups is 1. The molecule has 1 aromatic heterocycles. The van der Waals surface area contributed by atoms with Gasteiger partial charge in [0.05, 0.1) is 12.8 Å². The maximum atomic E-state index is 12.0. The van der Waals surface area contributed by atoms with Gasteiger partial charge in [0.1, 0.15) is 4.88 Å². The Hall–Kier alpha value is -1.12. The summed E-state index contributed by atoms with van der Waals surface area (Å²) in [6, 6.07) is 1.54. The Morgan fingerprint density at radius 3 is 2.56 bits per heavy atom. The van der Waals surface area contributed by atoms with Gasteiger partial charge in [-0.3, -0.25) is 4.72 Å². The highest BCUT2D eigenvalue weighted by Crippen LogP contribution is 2.24. The van der Waals surface area contributed by atoms with Crippen LogP contribution in [0.4, 0.5) is 5.69 Å². The molecule has 0 aromatic carbocycles. The molecule has 0 aliphatic rings. The summed E-state index contributed by atoms with van der Waals surface area (Å²) in [4.78, 5) is 11.7. The van der Waals surface area contributed by atoms with E-state index in [1.165, 1.54) is 17.5 Å². The minimum absolute atomic E-state index is 0.244. The van der Waals surface area contributed by atoms with Gasteiger partial charge < -0.3 is 4.74 Å². The number of ether oxygens (including phenoxy) is 1. The van der Waals surface area contributed by atoms with Crippen LogP contribution in [-0.2, 0) is 14.9 Å². The largest absolute Gasteiger partial charge is 0.465 e. The van der Waals surface area contributed by atoms with Crippen molar-refractivity contribution in [1.82, 2.24) is 4.31 Å². The molecule has 0 saturated heterocycles. The molecule has 0 fully saturated rings. The zero-order chi connectivity index (χ0) is 13.8. The number of esters is 1. The predicted molar refractivity (Wildman–Crippen MR) is 71.1 cm³/mol. The quantitative estimate of drug-likeness (QED) is 0.807. The topological polar surface area (TPSA) is 75.7 Å². The third-order valence-electron chi connectivity index (χ3n) is 2.32. The number of nitrogens with zero attached hydrogens (tertiary/aromatic N) is 1. The van der Waals surface area contributed by atoms with E-state index in [2.05, 4.69) is 9.46 Å². The highest BCUT2D eigenvalue weighted by atomic mass is 32.2. The second-order valence-electron chi connectivity index (χ2n) is 3.35. The standard InChI is InChI=1S/C10H16N2O4S2/c1-4-12(5-2)18(14,15)11-8-6-7-17-9(8)10(13)16-3/h6-7,11H,4-5H2,1-3H3. The van der Waals surface area contributed by atoms with Crippen molar-refractivity contribution >= 4 is 33.2 Å². The van der Waals surface area contributed by atoms with E-state index in [1.54, 1.807) is 19.2 Å². The molecule has 1 rings (SSSR count). The lowest BCUT2D eigenvalue weighted by atomic mass is 10.4. The smallest absolute Gasteiger partial charge is 0.350 e. The molecule has 0 aliphatic carbocycles. The first-order valence-corrected chi connectivity index (χ1v) is 7.71. The van der Waals surface area contributed by atoms with Gasteiger partial charge in [-0.2, -0.15) is 12.7 Å². The number of thiophene rings is 1. The molecule has 0 amide bonds. The summed E-state index contributed by atoms with van der Waals surface area (Å²) in [5.74, 6) is -0.553. The van der Waals surface area contributed by atoms with Crippen LogP contribution in [0.1, 0.15) is 23.5 Å². The van der Waals surface area contributed by atoms with Crippen LogP contribution >= 0.6 is 11.3 Å². The van der Waals surface area contributed by atoms with Crippen LogP contribution in [0.15, 0.2) is 11.4 Å². The molecule has 0 aliphatic heterocycles. The molecule has 0 unspecified atom stereocenters. The number of hydrogen-bond donors (Lipinski definition) is 1. The minimum Gasteiger partial charge on any atom is -0.465 e. The Labute approximate surface area is 111 Å². The Bertz CT molecular complexity index is 506. The molecule has 1 N–H and O–H groups in total. The maximum absolute atomic E-state index is 12.0. The van der Waals surface area contributed by atoms with E-state index in [1.807, 2.05) is 0 Å². The molecule has 6 nitrogen and oxygen atoms in total. The zero-order valence-electron chi connectivity index (χ0n) is 10.5. The van der Waals surface area contributed by atoms with Gasteiger partial charge in [-0.15, -0.1) is 11.3 Å². The summed E-state index contributed by atoms with van der Waals surface area (Å²) in [5, 5.41) is 1.63. The van der Waals surface area contributed by atoms with E-state index in [9.17, 15) is 13.2 Å². The zero-order valence-corrected chi connectivity index (χ0v) is 12.1. The summed E-state index contributed by atoms with van der Waals surface area (Å²) < 4.78 is 32.2. The van der Waals surface area contributed by atoms with E-state index in [4.69, 9.17) is 0 Å². The summed E-state index contributed by atoms with van der Waals surface area (Å²) >= 11 is 1.13. The normalized spacial score (nSPS) is 11.6. The number of hydrogen-bond acceptors (Lipinski definition) is 5. The van der Waals surface area contributed by atoms with Crippen molar-refractivity contribution in [2.75, 3.05) is 24.9 Å². The van der Waals surface area contributed by atoms with Crippen molar-refractivity contribution in [2.45, 2.75) is 13.8 Å². The molecule has 0 spiro atoms. The Morgan fingerprint density at radius 1 is 1.44 bits per heavy atom. The molecule has 8 heteroatoms. The monoisotopic (exact) mass is 292 g/mol. The van der Waals surface area contributed by atoms with Crippen molar-refractivity contribution in [3.8, 4) is 0 Å². The lowest BCUT2D eigenvalue weighted by Crippen LogP contribution is -2.35. The molecule has 0 bridgehead atoms. The van der Waals surface area contributed by atoms with Crippen LogP contribution < -0.4 is 4.72 Å². The molecule has 0 saturated carbocycles. The first kappa shape index (κ1) is 14.9. The number of rotatable bonds is 6. The van der Waals surface area contributed by atoms with E-state index in [0.29, 0.717) is 13.1 Å². The third-order valence-corrected chi connectivity index (χ3v) is 4.89. The van der Waals surface area contributed by atoms with Gasteiger partial charge in [-0.05, 0) is 11.4 Å². The number of carbonyl (C=O) groups excluding carboxylic acids is 1. The Morgan fingerprint density at radius 2 is 2.06 bits per heavy atom. The molecule has 1 aromatic rings. The average Bonchev–Trinajstić information content (AvgIpc) is 2.76. The van der Waals surface area contributed by atoms with Gasteiger partial charge in [-0.25, -0.2) is 4.79 Å². The molecule has 102 valence electrons. The van der Waals surface area contributed by atoms with Gasteiger partial charge in [0, 0.05) is 13.1 Å². The summed E-state index contributed by atoms with van der Waals surface area (Å²) in [6.45, 7) is 4.22. The van der Waals surface area contributed by atoms with E-state index in [0.717, 1.165) is 11.3 Å². The molecule has 0 radical (unpaired) electrons. The van der Waals surface area contributed by atoms with E-state index in [-0.39, 0.29) is 10.6 Å². The fourth-order valence-electron chi connectivity index (χ4n) is 1.41. The molecular weight excluding hydrogens is 276 g/mol. The van der Waals surface area contributed by atoms with Crippen LogP contribution in [0.5, 0.6) is 0 Å². The fourth-order valence-corrected chi connectivity index (χ4v) is 3.49. The summed E-state index contributed by atoms with van der Waals surface area (Å²) in [7, 11) is -2.37. The number of nitrogens with one attached hydrogen (secondary N) is 1. The van der Waals surface area contributed by atoms with Gasteiger partial charge in [0.2, 0.25) is 0 Å². The van der Waals surface area contributed by atoms with Gasteiger partial charge in [0.15, 0.2) is 0 Å². The molecule has 1 heterocycles. The third kappa shape index (κ3) is 3.21. The van der Waals surface area contributed by atoms with Crippen molar-refractivity contribution in [1.29, 1.82) is 0 Å². The van der Waals surface area contributed by atoms with Crippen LogP contribution in [0.2, 0.25) is 0 Å². The van der Waals surface area contributed by atoms with E-state index < -0.39 is 16.2 Å². The summed E-state index contributed by atoms with van der Waals surface area (Å²) in [5.41, 5.74) is 0.249. The van der Waals surface area contributed by atoms with E-state index >= 15 is 0 Å². The van der Waals surface area contributed by atoms with Crippen molar-refractivity contribution < 1.29 is 17.9 Å². The molecular formula is C10H16N2O4S2. The molecule has 18 heavy (non-hydrogen) atoms. The van der Waals surface area contributed by atoms with Gasteiger partial charge in [0.25, 0.3) is 0 Å². The highest BCUT2D eigenvalue weighted by Gasteiger charge is 2.22. The Kier molecular flexibility index (Phi) is 5.12. The highest BCUT2D eigenvalue weighted by molar-refractivity contribution is 7.90. The van der Waals surface area contributed by atoms with Crippen LogP contribution in [-0.4, -0.2) is 38.9 Å². The predicted octanol–water partition coefficient (Wildman–Crippen LogP) is 1.53. The second kappa shape index (κ2) is 6.17. The van der Waals surface area contributed by atoms with Crippen LogP contribution in [0.25, 0.3) is 0 Å². The number of methoxy groups -OCH3 is 1. The van der Waals surface area contributed by atoms with Crippen LogP contribution in [0.3, 0.4) is 0 Å². The van der Waals surface area contributed by atoms with Gasteiger partial charge >= 0.3 is 16.2 Å². The minimum atomic E-state index is -3.63. The first-order chi connectivity index (χ1) is 8.46. The van der Waals surface area contributed by atoms with Crippen molar-refractivity contribution in [3.05, 3.63) is 16.3 Å². The second-order valence-corrected chi connectivity index (χ2v) is 5.93. The van der Waals surface area contributed by atoms with Crippen molar-refractivity contribution in [3.63, 3.8) is 0 Å². The average molecular weight is 292 g/mol. The maximum Gasteiger partial charge on any atom is 0.350 e. The van der Waals surface area contributed by atoms with Gasteiger partial charge in [-0.1, -0.05) is 13.8 Å². The fraction of sp³-hybridized carbons (Fsp3) is 0.500. The van der Waals surface area contributed by atoms with Crippen LogP contribution in [0, 0.1) is 0 Å². The number of anilines is 1. The summed E-state index contributed by atoms with van der Waals surface area (Å²) in [6.07, 6.45) is 0. The SMILES string of the molecule is CCN(CC)S(=O)(=O)Nc1ccsc1C(=O)OC.